The molecule has 0 aliphatic rings. The van der Waals surface area contributed by atoms with Crippen LogP contribution in [-0.4, -0.2) is 32.4 Å². The van der Waals surface area contributed by atoms with Gasteiger partial charge in [0.05, 0.1) is 5.69 Å². The van der Waals surface area contributed by atoms with Crippen molar-refractivity contribution in [3.05, 3.63) is 18.0 Å². The summed E-state index contributed by atoms with van der Waals surface area (Å²) in [5.41, 5.74) is 0.172. The van der Waals surface area contributed by atoms with E-state index in [0.29, 0.717) is 6.42 Å². The Morgan fingerprint density at radius 3 is 2.68 bits per heavy atom. The number of unbranched alkanes of at least 4 members (excludes halogenated alkanes) is 1. The topological polar surface area (TPSA) is 67.2 Å². The van der Waals surface area contributed by atoms with Crippen molar-refractivity contribution in [2.45, 2.75) is 65.1 Å². The Morgan fingerprint density at radius 2 is 2.21 bits per heavy atom. The molecule has 19 heavy (non-hydrogen) atoms. The molecule has 0 spiro atoms. The molecule has 1 unspecified atom stereocenters. The molecule has 1 heterocycles. The average Bonchev–Trinajstić information content (AvgIpc) is 2.69. The molecule has 5 heteroatoms. The molecule has 1 aromatic heterocycles. The first kappa shape index (κ1) is 15.7. The van der Waals surface area contributed by atoms with Gasteiger partial charge in [-0.15, -0.1) is 0 Å². The lowest BCUT2D eigenvalue weighted by Gasteiger charge is -2.28. The molecule has 0 aliphatic carbocycles. The highest BCUT2D eigenvalue weighted by Crippen LogP contribution is 2.16. The number of hydrogen-bond donors (Lipinski definition) is 2. The minimum absolute atomic E-state index is 0.162. The molecule has 0 saturated carbocycles. The van der Waals surface area contributed by atoms with Crippen molar-refractivity contribution in [3.63, 3.8) is 0 Å². The summed E-state index contributed by atoms with van der Waals surface area (Å²) in [6.45, 7) is 8.49. The molecule has 1 atom stereocenters. The Hall–Kier alpha value is -1.36. The SMILES string of the molecule is Cc1ccn(CCCCC(C)(NC(C)C)C(=O)O)n1. The van der Waals surface area contributed by atoms with Crippen LogP contribution in [0.15, 0.2) is 12.3 Å². The maximum atomic E-state index is 11.3. The van der Waals surface area contributed by atoms with E-state index in [-0.39, 0.29) is 6.04 Å². The number of carboxylic acids is 1. The van der Waals surface area contributed by atoms with Gasteiger partial charge >= 0.3 is 5.97 Å². The van der Waals surface area contributed by atoms with Crippen molar-refractivity contribution in [2.24, 2.45) is 0 Å². The average molecular weight is 267 g/mol. The molecule has 1 aromatic rings. The van der Waals surface area contributed by atoms with Crippen LogP contribution in [0, 0.1) is 6.92 Å². The summed E-state index contributed by atoms with van der Waals surface area (Å²) in [6, 6.07) is 2.14. The van der Waals surface area contributed by atoms with Crippen LogP contribution in [0.4, 0.5) is 0 Å². The zero-order chi connectivity index (χ0) is 14.5. The molecular formula is C14H25N3O2. The van der Waals surface area contributed by atoms with Gasteiger partial charge in [-0.25, -0.2) is 0 Å². The van der Waals surface area contributed by atoms with Crippen molar-refractivity contribution in [1.29, 1.82) is 0 Å². The van der Waals surface area contributed by atoms with Crippen LogP contribution in [-0.2, 0) is 11.3 Å². The van der Waals surface area contributed by atoms with Crippen LogP contribution in [0.1, 0.15) is 45.7 Å². The molecule has 108 valence electrons. The first-order chi connectivity index (χ1) is 8.83. The second-order valence-electron chi connectivity index (χ2n) is 5.61. The van der Waals surface area contributed by atoms with Gasteiger partial charge in [0.2, 0.25) is 0 Å². The molecule has 5 nitrogen and oxygen atoms in total. The van der Waals surface area contributed by atoms with Gasteiger partial charge in [-0.3, -0.25) is 14.8 Å². The Morgan fingerprint density at radius 1 is 1.53 bits per heavy atom. The first-order valence-electron chi connectivity index (χ1n) is 6.84. The van der Waals surface area contributed by atoms with Gasteiger partial charge in [-0.2, -0.15) is 5.10 Å². The summed E-state index contributed by atoms with van der Waals surface area (Å²) in [5, 5.41) is 16.8. The number of nitrogens with one attached hydrogen (secondary N) is 1. The maximum absolute atomic E-state index is 11.3. The zero-order valence-corrected chi connectivity index (χ0v) is 12.3. The number of aryl methyl sites for hydroxylation is 2. The van der Waals surface area contributed by atoms with Crippen LogP contribution >= 0.6 is 0 Å². The van der Waals surface area contributed by atoms with E-state index in [4.69, 9.17) is 0 Å². The van der Waals surface area contributed by atoms with E-state index in [2.05, 4.69) is 10.4 Å². The van der Waals surface area contributed by atoms with E-state index in [0.717, 1.165) is 25.1 Å². The standard InChI is InChI=1S/C14H25N3O2/c1-11(2)15-14(4,13(18)19)8-5-6-9-17-10-7-12(3)16-17/h7,10-11,15H,5-6,8-9H2,1-4H3,(H,18,19). The molecular weight excluding hydrogens is 242 g/mol. The van der Waals surface area contributed by atoms with E-state index in [9.17, 15) is 9.90 Å². The van der Waals surface area contributed by atoms with Crippen molar-refractivity contribution < 1.29 is 9.90 Å². The lowest BCUT2D eigenvalue weighted by Crippen LogP contribution is -2.52. The number of aliphatic carboxylic acids is 1. The minimum atomic E-state index is -0.839. The Balaban J connectivity index is 2.38. The van der Waals surface area contributed by atoms with Crippen LogP contribution in [0.3, 0.4) is 0 Å². The zero-order valence-electron chi connectivity index (χ0n) is 12.3. The van der Waals surface area contributed by atoms with Gasteiger partial charge in [0.1, 0.15) is 5.54 Å². The highest BCUT2D eigenvalue weighted by atomic mass is 16.4. The highest BCUT2D eigenvalue weighted by molar-refractivity contribution is 5.78. The number of rotatable bonds is 8. The van der Waals surface area contributed by atoms with Gasteiger partial charge in [0, 0.05) is 18.8 Å². The number of hydrogen-bond acceptors (Lipinski definition) is 3. The van der Waals surface area contributed by atoms with E-state index in [1.165, 1.54) is 0 Å². The summed E-state index contributed by atoms with van der Waals surface area (Å²) in [5.74, 6) is -0.781. The van der Waals surface area contributed by atoms with Gasteiger partial charge < -0.3 is 5.11 Å². The third-order valence-electron chi connectivity index (χ3n) is 3.17. The van der Waals surface area contributed by atoms with Crippen molar-refractivity contribution in [3.8, 4) is 0 Å². The second kappa shape index (κ2) is 6.70. The van der Waals surface area contributed by atoms with Crippen molar-refractivity contribution >= 4 is 5.97 Å². The highest BCUT2D eigenvalue weighted by Gasteiger charge is 2.32. The second-order valence-corrected chi connectivity index (χ2v) is 5.61. The first-order valence-corrected chi connectivity index (χ1v) is 6.84. The van der Waals surface area contributed by atoms with E-state index in [1.807, 2.05) is 37.7 Å². The van der Waals surface area contributed by atoms with E-state index >= 15 is 0 Å². The largest absolute Gasteiger partial charge is 0.480 e. The van der Waals surface area contributed by atoms with Crippen LogP contribution in [0.5, 0.6) is 0 Å². The molecule has 0 fully saturated rings. The van der Waals surface area contributed by atoms with Crippen LogP contribution in [0.2, 0.25) is 0 Å². The molecule has 1 rings (SSSR count). The van der Waals surface area contributed by atoms with Gasteiger partial charge in [0.25, 0.3) is 0 Å². The molecule has 0 amide bonds. The molecule has 0 aromatic carbocycles. The molecule has 0 aliphatic heterocycles. The van der Waals surface area contributed by atoms with Crippen LogP contribution < -0.4 is 5.32 Å². The van der Waals surface area contributed by atoms with E-state index < -0.39 is 11.5 Å². The van der Waals surface area contributed by atoms with E-state index in [1.54, 1.807) is 6.92 Å². The Bertz CT molecular complexity index is 415. The summed E-state index contributed by atoms with van der Waals surface area (Å²) in [4.78, 5) is 11.3. The van der Waals surface area contributed by atoms with Crippen molar-refractivity contribution in [2.75, 3.05) is 0 Å². The maximum Gasteiger partial charge on any atom is 0.323 e. The number of carboxylic acid groups (broad SMARTS) is 1. The Kier molecular flexibility index (Phi) is 5.54. The van der Waals surface area contributed by atoms with Gasteiger partial charge in [0.15, 0.2) is 0 Å². The lowest BCUT2D eigenvalue weighted by atomic mass is 9.94. The predicted molar refractivity (Wildman–Crippen MR) is 75.1 cm³/mol. The fourth-order valence-corrected chi connectivity index (χ4v) is 2.22. The smallest absolute Gasteiger partial charge is 0.323 e. The monoisotopic (exact) mass is 267 g/mol. The van der Waals surface area contributed by atoms with Gasteiger partial charge in [-0.1, -0.05) is 0 Å². The Labute approximate surface area is 115 Å². The quantitative estimate of drug-likeness (QED) is 0.709. The van der Waals surface area contributed by atoms with Gasteiger partial charge in [-0.05, 0) is 53.0 Å². The molecule has 2 N–H and O–H groups in total. The molecule has 0 radical (unpaired) electrons. The fraction of sp³-hybridized carbons (Fsp3) is 0.714. The molecule has 0 saturated heterocycles. The number of aromatic nitrogens is 2. The number of carbonyl (C=O) groups is 1. The molecule has 0 bridgehead atoms. The minimum Gasteiger partial charge on any atom is -0.480 e. The predicted octanol–water partition coefficient (Wildman–Crippen LogP) is 2.20. The van der Waals surface area contributed by atoms with Crippen LogP contribution in [0.25, 0.3) is 0 Å². The third kappa shape index (κ3) is 5.03. The lowest BCUT2D eigenvalue weighted by molar-refractivity contribution is -0.144. The normalized spacial score (nSPS) is 14.6. The number of nitrogens with zero attached hydrogens (tertiary/aromatic N) is 2. The fourth-order valence-electron chi connectivity index (χ4n) is 2.22. The summed E-state index contributed by atoms with van der Waals surface area (Å²) >= 11 is 0. The van der Waals surface area contributed by atoms with Crippen molar-refractivity contribution in [1.82, 2.24) is 15.1 Å². The summed E-state index contributed by atoms with van der Waals surface area (Å²) in [6.07, 6.45) is 4.38. The summed E-state index contributed by atoms with van der Waals surface area (Å²) in [7, 11) is 0. The summed E-state index contributed by atoms with van der Waals surface area (Å²) < 4.78 is 1.91. The third-order valence-corrected chi connectivity index (χ3v) is 3.17.